The maximum Gasteiger partial charge on any atom is 0.249 e. The van der Waals surface area contributed by atoms with Crippen LogP contribution in [0, 0.1) is 12.7 Å². The minimum atomic E-state index is -1.14. The van der Waals surface area contributed by atoms with Crippen molar-refractivity contribution in [1.29, 1.82) is 0 Å². The second-order valence-corrected chi connectivity index (χ2v) is 9.32. The molecule has 1 N–H and O–H groups in total. The van der Waals surface area contributed by atoms with Crippen LogP contribution in [0.3, 0.4) is 0 Å². The van der Waals surface area contributed by atoms with Crippen LogP contribution in [0.15, 0.2) is 97.1 Å². The molecule has 1 heterocycles. The van der Waals surface area contributed by atoms with E-state index in [1.807, 2.05) is 48.5 Å². The van der Waals surface area contributed by atoms with Gasteiger partial charge in [0, 0.05) is 12.2 Å². The fourth-order valence-corrected chi connectivity index (χ4v) is 4.52. The highest BCUT2D eigenvalue weighted by atomic mass is 19.1. The summed E-state index contributed by atoms with van der Waals surface area (Å²) in [6.45, 7) is 1.67. The standard InChI is InChI=1S/C31H28FN5O3/c1-21-15-16-24(18-26(21)32)37(29(38)20-36-28-14-7-6-13-27(28)34-35-36)30(23-11-8-12-25(17-23)40-2)31(39)33-19-22-9-4-3-5-10-22/h3-18,30H,19-20H2,1-2H3,(H,33,39)/t30-/m0/s1. The molecule has 0 bridgehead atoms. The van der Waals surface area contributed by atoms with Crippen LogP contribution in [0.1, 0.15) is 22.7 Å². The number of nitrogens with zero attached hydrogens (tertiary/aromatic N) is 4. The van der Waals surface area contributed by atoms with E-state index in [9.17, 15) is 14.0 Å². The third kappa shape index (κ3) is 5.68. The van der Waals surface area contributed by atoms with Crippen LogP contribution < -0.4 is 15.0 Å². The number of hydrogen-bond donors (Lipinski definition) is 1. The first kappa shape index (κ1) is 26.6. The van der Waals surface area contributed by atoms with Crippen molar-refractivity contribution < 1.29 is 18.7 Å². The van der Waals surface area contributed by atoms with E-state index in [0.29, 0.717) is 27.9 Å². The molecule has 1 atom stereocenters. The lowest BCUT2D eigenvalue weighted by atomic mass is 10.0. The number of carbonyl (C=O) groups is 2. The largest absolute Gasteiger partial charge is 0.497 e. The summed E-state index contributed by atoms with van der Waals surface area (Å²) < 4.78 is 21.7. The molecule has 0 spiro atoms. The van der Waals surface area contributed by atoms with Gasteiger partial charge in [-0.2, -0.15) is 0 Å². The van der Waals surface area contributed by atoms with Crippen molar-refractivity contribution in [1.82, 2.24) is 20.3 Å². The fraction of sp³-hybridized carbons (Fsp3) is 0.161. The molecule has 0 saturated heterocycles. The number of para-hydroxylation sites is 1. The molecular weight excluding hydrogens is 509 g/mol. The molecule has 202 valence electrons. The number of amides is 2. The Balaban J connectivity index is 1.59. The van der Waals surface area contributed by atoms with Crippen molar-refractivity contribution in [3.63, 3.8) is 0 Å². The molecule has 5 aromatic rings. The number of ether oxygens (including phenoxy) is 1. The second-order valence-electron chi connectivity index (χ2n) is 9.32. The number of halogens is 1. The topological polar surface area (TPSA) is 89.4 Å². The van der Waals surface area contributed by atoms with E-state index >= 15 is 0 Å². The summed E-state index contributed by atoms with van der Waals surface area (Å²) in [6, 6.07) is 27.0. The van der Waals surface area contributed by atoms with Crippen LogP contribution >= 0.6 is 0 Å². The highest BCUT2D eigenvalue weighted by Gasteiger charge is 2.34. The third-order valence-electron chi connectivity index (χ3n) is 6.63. The Morgan fingerprint density at radius 2 is 1.75 bits per heavy atom. The summed E-state index contributed by atoms with van der Waals surface area (Å²) >= 11 is 0. The SMILES string of the molecule is COc1cccc([C@@H](C(=O)NCc2ccccc2)N(C(=O)Cn2nnc3ccccc32)c2ccc(C)c(F)c2)c1. The Hall–Kier alpha value is -5.05. The van der Waals surface area contributed by atoms with Crippen LogP contribution in [0.5, 0.6) is 5.75 Å². The molecule has 0 saturated carbocycles. The number of benzene rings is 4. The van der Waals surface area contributed by atoms with E-state index in [2.05, 4.69) is 15.6 Å². The Kier molecular flexibility index (Phi) is 7.82. The van der Waals surface area contributed by atoms with Gasteiger partial charge in [0.15, 0.2) is 0 Å². The predicted molar refractivity (Wildman–Crippen MR) is 150 cm³/mol. The first-order valence-electron chi connectivity index (χ1n) is 12.8. The molecule has 2 amide bonds. The van der Waals surface area contributed by atoms with Gasteiger partial charge in [-0.25, -0.2) is 9.07 Å². The van der Waals surface area contributed by atoms with Gasteiger partial charge < -0.3 is 10.1 Å². The van der Waals surface area contributed by atoms with Gasteiger partial charge in [-0.15, -0.1) is 5.10 Å². The van der Waals surface area contributed by atoms with Crippen LogP contribution in [0.25, 0.3) is 11.0 Å². The van der Waals surface area contributed by atoms with E-state index in [1.54, 1.807) is 49.4 Å². The minimum Gasteiger partial charge on any atom is -0.497 e. The molecular formula is C31H28FN5O3. The van der Waals surface area contributed by atoms with E-state index < -0.39 is 23.7 Å². The summed E-state index contributed by atoms with van der Waals surface area (Å²) in [7, 11) is 1.53. The first-order chi connectivity index (χ1) is 19.4. The number of aryl methyl sites for hydroxylation is 1. The third-order valence-corrected chi connectivity index (χ3v) is 6.63. The number of hydrogen-bond acceptors (Lipinski definition) is 5. The Bertz CT molecular complexity index is 1650. The van der Waals surface area contributed by atoms with Gasteiger partial charge >= 0.3 is 0 Å². The fourth-order valence-electron chi connectivity index (χ4n) is 4.52. The van der Waals surface area contributed by atoms with Crippen molar-refractivity contribution in [3.8, 4) is 5.75 Å². The number of fused-ring (bicyclic) bond motifs is 1. The summed E-state index contributed by atoms with van der Waals surface area (Å²) in [5.41, 5.74) is 3.35. The van der Waals surface area contributed by atoms with Gasteiger partial charge in [-0.05, 0) is 60.0 Å². The Morgan fingerprint density at radius 3 is 2.52 bits per heavy atom. The van der Waals surface area contributed by atoms with Crippen LogP contribution in [-0.2, 0) is 22.7 Å². The number of aromatic nitrogens is 3. The zero-order valence-electron chi connectivity index (χ0n) is 22.1. The summed E-state index contributed by atoms with van der Waals surface area (Å²) in [5, 5.41) is 11.2. The number of nitrogens with one attached hydrogen (secondary N) is 1. The molecule has 0 aliphatic heterocycles. The van der Waals surface area contributed by atoms with Crippen LogP contribution in [0.4, 0.5) is 10.1 Å². The average molecular weight is 538 g/mol. The molecule has 0 radical (unpaired) electrons. The van der Waals surface area contributed by atoms with Crippen LogP contribution in [-0.4, -0.2) is 33.9 Å². The molecule has 9 heteroatoms. The summed E-state index contributed by atoms with van der Waals surface area (Å²) in [4.78, 5) is 29.3. The molecule has 0 fully saturated rings. The van der Waals surface area contributed by atoms with Gasteiger partial charge in [-0.1, -0.05) is 65.9 Å². The molecule has 0 aliphatic rings. The molecule has 1 aromatic heterocycles. The number of rotatable bonds is 9. The predicted octanol–water partition coefficient (Wildman–Crippen LogP) is 4.98. The average Bonchev–Trinajstić information content (AvgIpc) is 3.39. The van der Waals surface area contributed by atoms with Crippen molar-refractivity contribution in [3.05, 3.63) is 120 Å². The van der Waals surface area contributed by atoms with Crippen molar-refractivity contribution >= 4 is 28.5 Å². The van der Waals surface area contributed by atoms with Crippen molar-refractivity contribution in [2.75, 3.05) is 12.0 Å². The van der Waals surface area contributed by atoms with Gasteiger partial charge in [0.2, 0.25) is 11.8 Å². The summed E-state index contributed by atoms with van der Waals surface area (Å²) in [5.74, 6) is -0.879. The zero-order valence-corrected chi connectivity index (χ0v) is 22.1. The highest BCUT2D eigenvalue weighted by Crippen LogP contribution is 2.31. The van der Waals surface area contributed by atoms with Gasteiger partial charge in [0.1, 0.15) is 29.7 Å². The molecule has 4 aromatic carbocycles. The van der Waals surface area contributed by atoms with Gasteiger partial charge in [0.25, 0.3) is 0 Å². The lowest BCUT2D eigenvalue weighted by Crippen LogP contribution is -2.45. The van der Waals surface area contributed by atoms with E-state index in [4.69, 9.17) is 4.74 Å². The lowest BCUT2D eigenvalue weighted by Gasteiger charge is -2.32. The Labute approximate surface area is 231 Å². The van der Waals surface area contributed by atoms with Crippen molar-refractivity contribution in [2.45, 2.75) is 26.1 Å². The van der Waals surface area contributed by atoms with Crippen LogP contribution in [0.2, 0.25) is 0 Å². The monoisotopic (exact) mass is 537 g/mol. The quantitative estimate of drug-likeness (QED) is 0.287. The molecule has 0 aliphatic carbocycles. The minimum absolute atomic E-state index is 0.220. The molecule has 5 rings (SSSR count). The number of anilines is 1. The molecule has 0 unspecified atom stereocenters. The van der Waals surface area contributed by atoms with Gasteiger partial charge in [0.05, 0.1) is 12.6 Å². The molecule has 40 heavy (non-hydrogen) atoms. The van der Waals surface area contributed by atoms with E-state index in [1.165, 1.54) is 22.8 Å². The smallest absolute Gasteiger partial charge is 0.249 e. The normalized spacial score (nSPS) is 11.7. The summed E-state index contributed by atoms with van der Waals surface area (Å²) in [6.07, 6.45) is 0. The zero-order chi connectivity index (χ0) is 28.1. The number of methoxy groups -OCH3 is 1. The second kappa shape index (κ2) is 11.8. The van der Waals surface area contributed by atoms with Crippen molar-refractivity contribution in [2.24, 2.45) is 0 Å². The van der Waals surface area contributed by atoms with E-state index in [0.717, 1.165) is 5.56 Å². The molecule has 8 nitrogen and oxygen atoms in total. The first-order valence-corrected chi connectivity index (χ1v) is 12.8. The highest BCUT2D eigenvalue weighted by molar-refractivity contribution is 6.01. The maximum absolute atomic E-state index is 14.9. The number of carbonyl (C=O) groups excluding carboxylic acids is 2. The van der Waals surface area contributed by atoms with E-state index in [-0.39, 0.29) is 18.8 Å². The maximum atomic E-state index is 14.9. The lowest BCUT2D eigenvalue weighted by molar-refractivity contribution is -0.127. The Morgan fingerprint density at radius 1 is 0.975 bits per heavy atom. The van der Waals surface area contributed by atoms with Gasteiger partial charge in [-0.3, -0.25) is 14.5 Å².